The summed E-state index contributed by atoms with van der Waals surface area (Å²) in [5.41, 5.74) is 0. The minimum atomic E-state index is -2.81. The van der Waals surface area contributed by atoms with Gasteiger partial charge in [0.2, 0.25) is 11.8 Å². The third-order valence-corrected chi connectivity index (χ3v) is 3.62. The third-order valence-electron chi connectivity index (χ3n) is 3.62. The molecule has 0 bridgehead atoms. The second-order valence-corrected chi connectivity index (χ2v) is 5.13. The van der Waals surface area contributed by atoms with Crippen molar-refractivity contribution in [2.45, 2.75) is 18.4 Å². The number of alkyl halides is 2. The summed E-state index contributed by atoms with van der Waals surface area (Å²) in [4.78, 5) is 26.8. The lowest BCUT2D eigenvalue weighted by molar-refractivity contribution is -0.142. The van der Waals surface area contributed by atoms with Gasteiger partial charge in [-0.25, -0.2) is 8.78 Å². The predicted molar refractivity (Wildman–Crippen MR) is 73.6 cm³/mol. The summed E-state index contributed by atoms with van der Waals surface area (Å²) < 4.78 is 30.9. The van der Waals surface area contributed by atoms with Gasteiger partial charge in [-0.05, 0) is 0 Å². The Kier molecular flexibility index (Phi) is 6.30. The summed E-state index contributed by atoms with van der Waals surface area (Å²) in [6, 6.07) is -0.814. The molecule has 2 aliphatic rings. The molecule has 0 radical (unpaired) electrons. The van der Waals surface area contributed by atoms with Crippen LogP contribution in [0.15, 0.2) is 0 Å². The molecule has 2 aliphatic heterocycles. The average Bonchev–Trinajstić information content (AvgIpc) is 2.79. The average molecular weight is 328 g/mol. The molecule has 2 saturated heterocycles. The molecule has 0 spiro atoms. The van der Waals surface area contributed by atoms with E-state index in [1.54, 1.807) is 4.90 Å². The Morgan fingerprint density at radius 3 is 2.29 bits per heavy atom. The number of ether oxygens (including phenoxy) is 1. The van der Waals surface area contributed by atoms with E-state index in [0.29, 0.717) is 26.2 Å². The molecule has 6 nitrogen and oxygen atoms in total. The van der Waals surface area contributed by atoms with Gasteiger partial charge in [0.1, 0.15) is 6.61 Å². The van der Waals surface area contributed by atoms with E-state index in [0.717, 1.165) is 0 Å². The summed E-state index contributed by atoms with van der Waals surface area (Å²) in [6.45, 7) is 1.14. The Morgan fingerprint density at radius 2 is 1.81 bits per heavy atom. The highest BCUT2D eigenvalue weighted by Gasteiger charge is 2.43. The van der Waals surface area contributed by atoms with E-state index in [1.807, 2.05) is 0 Å². The fourth-order valence-corrected chi connectivity index (χ4v) is 2.50. The number of amides is 2. The van der Waals surface area contributed by atoms with Gasteiger partial charge in [0.25, 0.3) is 5.92 Å². The topological polar surface area (TPSA) is 61.9 Å². The summed E-state index contributed by atoms with van der Waals surface area (Å²) in [5.74, 6) is -3.23. The molecule has 0 aromatic heterocycles. The second-order valence-electron chi connectivity index (χ2n) is 5.13. The Balaban J connectivity index is 0.00000220. The zero-order chi connectivity index (χ0) is 14.8. The second kappa shape index (κ2) is 7.33. The van der Waals surface area contributed by atoms with Crippen molar-refractivity contribution in [3.05, 3.63) is 0 Å². The molecule has 0 aromatic rings. The van der Waals surface area contributed by atoms with Crippen LogP contribution < -0.4 is 5.32 Å². The minimum absolute atomic E-state index is 0. The Bertz CT molecular complexity index is 390. The van der Waals surface area contributed by atoms with Crippen LogP contribution in [0.4, 0.5) is 8.78 Å². The number of hydrogen-bond acceptors (Lipinski definition) is 4. The lowest BCUT2D eigenvalue weighted by Gasteiger charge is -2.35. The maximum Gasteiger partial charge on any atom is 0.262 e. The highest BCUT2D eigenvalue weighted by Crippen LogP contribution is 2.26. The minimum Gasteiger partial charge on any atom is -0.375 e. The SMILES string of the molecule is COCC(=O)N1CCN(C(=O)C2CC(F)(F)CN2)CC1.Cl. The van der Waals surface area contributed by atoms with Gasteiger partial charge in [0.05, 0.1) is 12.6 Å². The molecule has 2 amide bonds. The fourth-order valence-electron chi connectivity index (χ4n) is 2.50. The van der Waals surface area contributed by atoms with Crippen molar-refractivity contribution >= 4 is 24.2 Å². The van der Waals surface area contributed by atoms with Crippen LogP contribution in [0.1, 0.15) is 6.42 Å². The number of halogens is 3. The summed E-state index contributed by atoms with van der Waals surface area (Å²) in [7, 11) is 1.45. The molecule has 1 atom stereocenters. The van der Waals surface area contributed by atoms with Gasteiger partial charge in [-0.15, -0.1) is 12.4 Å². The fraction of sp³-hybridized carbons (Fsp3) is 0.833. The van der Waals surface area contributed by atoms with E-state index < -0.39 is 24.9 Å². The van der Waals surface area contributed by atoms with Gasteiger partial charge in [0.15, 0.2) is 0 Å². The van der Waals surface area contributed by atoms with Crippen LogP contribution in [0, 0.1) is 0 Å². The molecule has 0 saturated carbocycles. The smallest absolute Gasteiger partial charge is 0.262 e. The molecule has 0 aromatic carbocycles. The first-order valence-electron chi connectivity index (χ1n) is 6.60. The first-order valence-corrected chi connectivity index (χ1v) is 6.60. The van der Waals surface area contributed by atoms with Crippen LogP contribution >= 0.6 is 12.4 Å². The lowest BCUT2D eigenvalue weighted by atomic mass is 10.1. The molecule has 122 valence electrons. The van der Waals surface area contributed by atoms with Crippen LogP contribution in [0.5, 0.6) is 0 Å². The van der Waals surface area contributed by atoms with Crippen molar-refractivity contribution in [1.82, 2.24) is 15.1 Å². The molecule has 2 fully saturated rings. The number of nitrogens with zero attached hydrogens (tertiary/aromatic N) is 2. The molecule has 9 heteroatoms. The summed E-state index contributed by atoms with van der Waals surface area (Å²) in [6.07, 6.45) is -0.450. The van der Waals surface area contributed by atoms with E-state index in [4.69, 9.17) is 4.74 Å². The number of carbonyl (C=O) groups excluding carboxylic acids is 2. The van der Waals surface area contributed by atoms with Gasteiger partial charge in [-0.1, -0.05) is 0 Å². The van der Waals surface area contributed by atoms with Gasteiger partial charge in [-0.3, -0.25) is 14.9 Å². The first kappa shape index (κ1) is 18.1. The number of rotatable bonds is 3. The maximum atomic E-state index is 13.1. The van der Waals surface area contributed by atoms with Crippen molar-refractivity contribution in [3.63, 3.8) is 0 Å². The maximum absolute atomic E-state index is 13.1. The Morgan fingerprint density at radius 1 is 1.24 bits per heavy atom. The van der Waals surface area contributed by atoms with E-state index in [1.165, 1.54) is 12.0 Å². The third kappa shape index (κ3) is 4.49. The van der Waals surface area contributed by atoms with Gasteiger partial charge in [0, 0.05) is 39.7 Å². The van der Waals surface area contributed by atoms with Crippen molar-refractivity contribution in [2.75, 3.05) is 46.4 Å². The van der Waals surface area contributed by atoms with Crippen molar-refractivity contribution in [3.8, 4) is 0 Å². The molecular weight excluding hydrogens is 308 g/mol. The van der Waals surface area contributed by atoms with Crippen LogP contribution in [0.3, 0.4) is 0 Å². The molecule has 0 aliphatic carbocycles. The largest absolute Gasteiger partial charge is 0.375 e. The zero-order valence-corrected chi connectivity index (χ0v) is 12.6. The normalized spacial score (nSPS) is 24.6. The van der Waals surface area contributed by atoms with E-state index in [9.17, 15) is 18.4 Å². The molecule has 1 N–H and O–H groups in total. The number of piperazine rings is 1. The highest BCUT2D eigenvalue weighted by atomic mass is 35.5. The molecule has 2 heterocycles. The number of hydrogen-bond donors (Lipinski definition) is 1. The molecular formula is C12H20ClF2N3O3. The first-order chi connectivity index (χ1) is 9.43. The van der Waals surface area contributed by atoms with Crippen molar-refractivity contribution < 1.29 is 23.1 Å². The standard InChI is InChI=1S/C12H19F2N3O3.ClH/c1-20-7-10(18)16-2-4-17(5-3-16)11(19)9-6-12(13,14)8-15-9;/h9,15H,2-8H2,1H3;1H. The quantitative estimate of drug-likeness (QED) is 0.775. The molecule has 1 unspecified atom stereocenters. The van der Waals surface area contributed by atoms with Crippen molar-refractivity contribution in [2.24, 2.45) is 0 Å². The van der Waals surface area contributed by atoms with Crippen LogP contribution in [-0.4, -0.2) is 80.0 Å². The van der Waals surface area contributed by atoms with Crippen LogP contribution in [0.25, 0.3) is 0 Å². The Labute approximate surface area is 128 Å². The van der Waals surface area contributed by atoms with Gasteiger partial charge >= 0.3 is 0 Å². The van der Waals surface area contributed by atoms with Gasteiger partial charge < -0.3 is 14.5 Å². The summed E-state index contributed by atoms with van der Waals surface area (Å²) in [5, 5.41) is 2.56. The number of methoxy groups -OCH3 is 1. The van der Waals surface area contributed by atoms with Crippen LogP contribution in [-0.2, 0) is 14.3 Å². The number of nitrogens with one attached hydrogen (secondary N) is 1. The van der Waals surface area contributed by atoms with E-state index in [-0.39, 0.29) is 30.8 Å². The van der Waals surface area contributed by atoms with E-state index in [2.05, 4.69) is 5.32 Å². The van der Waals surface area contributed by atoms with Crippen molar-refractivity contribution in [1.29, 1.82) is 0 Å². The number of carbonyl (C=O) groups is 2. The Hall–Kier alpha value is -0.990. The molecule has 2 rings (SSSR count). The predicted octanol–water partition coefficient (Wildman–Crippen LogP) is -0.277. The van der Waals surface area contributed by atoms with E-state index >= 15 is 0 Å². The molecule has 21 heavy (non-hydrogen) atoms. The monoisotopic (exact) mass is 327 g/mol. The van der Waals surface area contributed by atoms with Gasteiger partial charge in [-0.2, -0.15) is 0 Å². The highest BCUT2D eigenvalue weighted by molar-refractivity contribution is 5.85. The van der Waals surface area contributed by atoms with Crippen LogP contribution in [0.2, 0.25) is 0 Å². The lowest BCUT2D eigenvalue weighted by Crippen LogP contribution is -2.54. The zero-order valence-electron chi connectivity index (χ0n) is 11.8. The summed E-state index contributed by atoms with van der Waals surface area (Å²) >= 11 is 0.